The van der Waals surface area contributed by atoms with Crippen LogP contribution >= 0.6 is 11.3 Å². The van der Waals surface area contributed by atoms with Crippen LogP contribution in [-0.4, -0.2) is 10.9 Å². The lowest BCUT2D eigenvalue weighted by molar-refractivity contribution is -0.137. The van der Waals surface area contributed by atoms with Gasteiger partial charge in [0.2, 0.25) is 5.91 Å². The van der Waals surface area contributed by atoms with E-state index in [1.165, 1.54) is 6.07 Å². The van der Waals surface area contributed by atoms with E-state index in [1.54, 1.807) is 0 Å². The first-order valence-electron chi connectivity index (χ1n) is 8.36. The van der Waals surface area contributed by atoms with Crippen LogP contribution in [0.25, 0.3) is 10.2 Å². The van der Waals surface area contributed by atoms with Gasteiger partial charge in [-0.15, -0.1) is 0 Å². The molecule has 136 valence electrons. The van der Waals surface area contributed by atoms with Gasteiger partial charge in [0.05, 0.1) is 15.8 Å². The molecule has 0 aliphatic heterocycles. The summed E-state index contributed by atoms with van der Waals surface area (Å²) in [6.45, 7) is 6.44. The molecule has 1 aromatic carbocycles. The summed E-state index contributed by atoms with van der Waals surface area (Å²) in [4.78, 5) is 16.9. The van der Waals surface area contributed by atoms with Crippen molar-refractivity contribution in [3.63, 3.8) is 0 Å². The molecule has 1 aliphatic rings. The Balaban J connectivity index is 1.79. The quantitative estimate of drug-likeness (QED) is 0.735. The fourth-order valence-electron chi connectivity index (χ4n) is 3.51. The highest BCUT2D eigenvalue weighted by Gasteiger charge is 2.39. The molecule has 2 atom stereocenters. The van der Waals surface area contributed by atoms with Crippen LogP contribution in [0.4, 0.5) is 18.3 Å². The van der Waals surface area contributed by atoms with E-state index in [1.807, 2.05) is 0 Å². The van der Waals surface area contributed by atoms with E-state index in [-0.39, 0.29) is 23.2 Å². The van der Waals surface area contributed by atoms with Crippen LogP contribution in [0.3, 0.4) is 0 Å². The molecular formula is C18H21F3N2OS. The summed E-state index contributed by atoms with van der Waals surface area (Å²) in [7, 11) is 0. The van der Waals surface area contributed by atoms with E-state index in [0.29, 0.717) is 15.3 Å². The molecule has 1 fully saturated rings. The van der Waals surface area contributed by atoms with Crippen LogP contribution in [0.5, 0.6) is 0 Å². The number of nitrogens with one attached hydrogen (secondary N) is 1. The molecule has 3 nitrogen and oxygen atoms in total. The SMILES string of the molecule is CC1C(C(=O)Nc2nc3ccc(C(F)(F)F)cc3s2)CCCC1(C)C. The lowest BCUT2D eigenvalue weighted by Gasteiger charge is -2.41. The van der Waals surface area contributed by atoms with Crippen molar-refractivity contribution < 1.29 is 18.0 Å². The molecule has 1 N–H and O–H groups in total. The van der Waals surface area contributed by atoms with Gasteiger partial charge in [0, 0.05) is 5.92 Å². The first kappa shape index (κ1) is 18.2. The number of carbonyl (C=O) groups excluding carboxylic acids is 1. The molecule has 0 saturated heterocycles. The zero-order valence-electron chi connectivity index (χ0n) is 14.4. The van der Waals surface area contributed by atoms with Crippen molar-refractivity contribution in [1.82, 2.24) is 4.98 Å². The molecule has 1 heterocycles. The Kier molecular flexibility index (Phi) is 4.56. The molecule has 2 aromatic rings. The average molecular weight is 370 g/mol. The summed E-state index contributed by atoms with van der Waals surface area (Å²) < 4.78 is 38.8. The van der Waals surface area contributed by atoms with E-state index in [9.17, 15) is 18.0 Å². The third-order valence-corrected chi connectivity index (χ3v) is 6.39. The van der Waals surface area contributed by atoms with E-state index in [2.05, 4.69) is 31.1 Å². The van der Waals surface area contributed by atoms with Gasteiger partial charge < -0.3 is 5.32 Å². The highest BCUT2D eigenvalue weighted by molar-refractivity contribution is 7.22. The predicted molar refractivity (Wildman–Crippen MR) is 93.5 cm³/mol. The second-order valence-electron chi connectivity index (χ2n) is 7.46. The van der Waals surface area contributed by atoms with Gasteiger partial charge in [0.1, 0.15) is 0 Å². The lowest BCUT2D eigenvalue weighted by Crippen LogP contribution is -2.39. The minimum atomic E-state index is -4.38. The predicted octanol–water partition coefficient (Wildman–Crippen LogP) is 5.72. The highest BCUT2D eigenvalue weighted by atomic mass is 32.1. The number of benzene rings is 1. The monoisotopic (exact) mass is 370 g/mol. The smallest absolute Gasteiger partial charge is 0.302 e. The molecule has 1 saturated carbocycles. The van der Waals surface area contributed by atoms with Crippen LogP contribution in [0.15, 0.2) is 18.2 Å². The summed E-state index contributed by atoms with van der Waals surface area (Å²) in [6, 6.07) is 3.44. The Morgan fingerprint density at radius 2 is 2.08 bits per heavy atom. The van der Waals surface area contributed by atoms with Crippen LogP contribution in [0.2, 0.25) is 0 Å². The number of anilines is 1. The number of thiazole rings is 1. The third kappa shape index (κ3) is 3.66. The molecule has 1 aromatic heterocycles. The molecule has 0 spiro atoms. The number of hydrogen-bond donors (Lipinski definition) is 1. The van der Waals surface area contributed by atoms with Crippen LogP contribution in [-0.2, 0) is 11.0 Å². The molecule has 2 unspecified atom stereocenters. The maximum Gasteiger partial charge on any atom is 0.416 e. The number of amides is 1. The van der Waals surface area contributed by atoms with E-state index in [4.69, 9.17) is 0 Å². The summed E-state index contributed by atoms with van der Waals surface area (Å²) in [5.41, 5.74) is -0.135. The maximum atomic E-state index is 12.8. The molecule has 25 heavy (non-hydrogen) atoms. The van der Waals surface area contributed by atoms with Crippen molar-refractivity contribution >= 4 is 32.6 Å². The van der Waals surface area contributed by atoms with Crippen LogP contribution < -0.4 is 5.32 Å². The van der Waals surface area contributed by atoms with Crippen molar-refractivity contribution in [3.05, 3.63) is 23.8 Å². The Labute approximate surface area is 148 Å². The van der Waals surface area contributed by atoms with Gasteiger partial charge >= 0.3 is 6.18 Å². The Hall–Kier alpha value is -1.63. The number of halogens is 3. The van der Waals surface area contributed by atoms with Gasteiger partial charge in [0.25, 0.3) is 0 Å². The number of fused-ring (bicyclic) bond motifs is 1. The summed E-state index contributed by atoms with van der Waals surface area (Å²) in [6.07, 6.45) is -1.45. The van der Waals surface area contributed by atoms with Gasteiger partial charge in [-0.2, -0.15) is 13.2 Å². The Morgan fingerprint density at radius 3 is 2.76 bits per heavy atom. The summed E-state index contributed by atoms with van der Waals surface area (Å²) >= 11 is 1.08. The van der Waals surface area contributed by atoms with Crippen molar-refractivity contribution in [3.8, 4) is 0 Å². The highest BCUT2D eigenvalue weighted by Crippen LogP contribution is 2.44. The van der Waals surface area contributed by atoms with Gasteiger partial charge in [-0.1, -0.05) is 38.5 Å². The topological polar surface area (TPSA) is 42.0 Å². The number of hydrogen-bond acceptors (Lipinski definition) is 3. The van der Waals surface area contributed by atoms with E-state index in [0.717, 1.165) is 42.7 Å². The second kappa shape index (κ2) is 6.27. The van der Waals surface area contributed by atoms with E-state index >= 15 is 0 Å². The normalized spacial score (nSPS) is 23.6. The maximum absolute atomic E-state index is 12.8. The number of alkyl halides is 3. The molecule has 3 rings (SSSR count). The summed E-state index contributed by atoms with van der Waals surface area (Å²) in [5.74, 6) is 0.0596. The second-order valence-corrected chi connectivity index (χ2v) is 8.50. The van der Waals surface area contributed by atoms with Gasteiger partial charge in [-0.25, -0.2) is 4.98 Å². The average Bonchev–Trinajstić information content (AvgIpc) is 2.90. The molecule has 7 heteroatoms. The van der Waals surface area contributed by atoms with Crippen molar-refractivity contribution in [2.75, 3.05) is 5.32 Å². The van der Waals surface area contributed by atoms with Crippen molar-refractivity contribution in [2.45, 2.75) is 46.2 Å². The first-order chi connectivity index (χ1) is 11.6. The van der Waals surface area contributed by atoms with Crippen molar-refractivity contribution in [2.24, 2.45) is 17.3 Å². The Morgan fingerprint density at radius 1 is 1.36 bits per heavy atom. The minimum Gasteiger partial charge on any atom is -0.302 e. The van der Waals surface area contributed by atoms with Crippen LogP contribution in [0.1, 0.15) is 45.6 Å². The largest absolute Gasteiger partial charge is 0.416 e. The zero-order chi connectivity index (χ0) is 18.4. The number of rotatable bonds is 2. The molecular weight excluding hydrogens is 349 g/mol. The number of nitrogens with zero attached hydrogens (tertiary/aromatic N) is 1. The first-order valence-corrected chi connectivity index (χ1v) is 9.18. The van der Waals surface area contributed by atoms with E-state index < -0.39 is 11.7 Å². The van der Waals surface area contributed by atoms with Crippen molar-refractivity contribution in [1.29, 1.82) is 0 Å². The van der Waals surface area contributed by atoms with Gasteiger partial charge in [0.15, 0.2) is 5.13 Å². The van der Waals surface area contributed by atoms with Gasteiger partial charge in [-0.3, -0.25) is 4.79 Å². The third-order valence-electron chi connectivity index (χ3n) is 5.46. The Bertz CT molecular complexity index is 797. The molecule has 0 bridgehead atoms. The standard InChI is InChI=1S/C18H21F3N2OS/c1-10-12(5-4-8-17(10,2)3)15(24)23-16-22-13-7-6-11(18(19,20)21)9-14(13)25-16/h6-7,9-10,12H,4-5,8H2,1-3H3,(H,22,23,24). The van der Waals surface area contributed by atoms with Gasteiger partial charge in [-0.05, 0) is 42.4 Å². The number of carbonyl (C=O) groups is 1. The molecule has 0 radical (unpaired) electrons. The molecule has 1 amide bonds. The zero-order valence-corrected chi connectivity index (χ0v) is 15.2. The van der Waals surface area contributed by atoms with Crippen LogP contribution in [0, 0.1) is 17.3 Å². The lowest BCUT2D eigenvalue weighted by atomic mass is 9.64. The fourth-order valence-corrected chi connectivity index (χ4v) is 4.42. The fraction of sp³-hybridized carbons (Fsp3) is 0.556. The summed E-state index contributed by atoms with van der Waals surface area (Å²) in [5, 5.41) is 3.17. The minimum absolute atomic E-state index is 0.0876. The molecule has 1 aliphatic carbocycles. The number of aromatic nitrogens is 1.